The molecular weight excluding hydrogens is 446 g/mol. The van der Waals surface area contributed by atoms with Crippen molar-refractivity contribution in [3.8, 4) is 28.1 Å². The van der Waals surface area contributed by atoms with Gasteiger partial charge in [-0.15, -0.1) is 12.4 Å². The van der Waals surface area contributed by atoms with E-state index in [-0.39, 0.29) is 24.1 Å². The second-order valence-corrected chi connectivity index (χ2v) is 9.19. The molecule has 2 aliphatic heterocycles. The molecule has 6 heteroatoms. The van der Waals surface area contributed by atoms with Gasteiger partial charge in [0.05, 0.1) is 5.56 Å². The summed E-state index contributed by atoms with van der Waals surface area (Å²) < 4.78 is 0. The molecule has 2 aliphatic rings. The number of fused-ring (bicyclic) bond motifs is 2. The first-order valence-electron chi connectivity index (χ1n) is 11.7. The van der Waals surface area contributed by atoms with E-state index in [0.717, 1.165) is 45.6 Å². The molecule has 0 saturated carbocycles. The molecular formula is C28H28ClN3O2. The summed E-state index contributed by atoms with van der Waals surface area (Å²) in [5, 5.41) is 13.8. The minimum Gasteiger partial charge on any atom is -0.508 e. The van der Waals surface area contributed by atoms with Gasteiger partial charge in [0.25, 0.3) is 5.91 Å². The quantitative estimate of drug-likeness (QED) is 0.348. The van der Waals surface area contributed by atoms with Crippen LogP contribution in [0.5, 0.6) is 5.75 Å². The number of piperidine rings is 1. The van der Waals surface area contributed by atoms with Crippen molar-refractivity contribution in [2.45, 2.75) is 32.4 Å². The summed E-state index contributed by atoms with van der Waals surface area (Å²) in [6.45, 7) is 3.88. The fourth-order valence-electron chi connectivity index (χ4n) is 5.29. The highest BCUT2D eigenvalue weighted by molar-refractivity contribution is 6.07. The molecule has 1 saturated heterocycles. The minimum atomic E-state index is -0.0370. The molecule has 0 bridgehead atoms. The van der Waals surface area contributed by atoms with Gasteiger partial charge in [0.1, 0.15) is 5.75 Å². The molecule has 3 aromatic carbocycles. The van der Waals surface area contributed by atoms with E-state index in [2.05, 4.69) is 45.5 Å². The van der Waals surface area contributed by atoms with E-state index in [1.807, 2.05) is 18.2 Å². The number of aromatic hydroxyl groups is 1. The molecule has 34 heavy (non-hydrogen) atoms. The number of nitrogens with zero attached hydrogens (tertiary/aromatic N) is 1. The Balaban J connectivity index is 0.00000241. The van der Waals surface area contributed by atoms with Crippen molar-refractivity contribution >= 4 is 29.2 Å². The lowest BCUT2D eigenvalue weighted by atomic mass is 9.92. The first-order valence-corrected chi connectivity index (χ1v) is 11.7. The first-order chi connectivity index (χ1) is 16.2. The summed E-state index contributed by atoms with van der Waals surface area (Å²) in [6, 6.07) is 20.1. The highest BCUT2D eigenvalue weighted by atomic mass is 35.5. The van der Waals surface area contributed by atoms with E-state index in [0.29, 0.717) is 6.54 Å². The number of benzene rings is 3. The molecule has 1 amide bonds. The molecule has 1 aromatic heterocycles. The van der Waals surface area contributed by atoms with E-state index >= 15 is 0 Å². The lowest BCUT2D eigenvalue weighted by Crippen LogP contribution is -2.28. The summed E-state index contributed by atoms with van der Waals surface area (Å²) in [7, 11) is 0. The number of carbonyl (C=O) groups is 1. The van der Waals surface area contributed by atoms with Gasteiger partial charge in [-0.3, -0.25) is 9.69 Å². The maximum atomic E-state index is 12.8. The van der Waals surface area contributed by atoms with Crippen LogP contribution in [0.25, 0.3) is 33.3 Å². The van der Waals surface area contributed by atoms with Gasteiger partial charge in [0.2, 0.25) is 0 Å². The molecule has 6 rings (SSSR count). The van der Waals surface area contributed by atoms with Crippen molar-refractivity contribution in [1.29, 1.82) is 0 Å². The summed E-state index contributed by atoms with van der Waals surface area (Å²) in [5.74, 6) is 0.198. The van der Waals surface area contributed by atoms with Crippen molar-refractivity contribution < 1.29 is 9.90 Å². The van der Waals surface area contributed by atoms with E-state index < -0.39 is 0 Å². The number of aromatic nitrogens is 1. The fourth-order valence-corrected chi connectivity index (χ4v) is 5.29. The number of aromatic amines is 1. The van der Waals surface area contributed by atoms with Crippen LogP contribution in [-0.4, -0.2) is 34.0 Å². The Morgan fingerprint density at radius 3 is 2.44 bits per heavy atom. The molecule has 4 aromatic rings. The minimum absolute atomic E-state index is 0. The van der Waals surface area contributed by atoms with Crippen LogP contribution in [0.4, 0.5) is 0 Å². The van der Waals surface area contributed by atoms with Crippen molar-refractivity contribution in [3.05, 3.63) is 77.4 Å². The summed E-state index contributed by atoms with van der Waals surface area (Å²) >= 11 is 0. The van der Waals surface area contributed by atoms with Gasteiger partial charge in [-0.1, -0.05) is 36.8 Å². The van der Waals surface area contributed by atoms with Crippen LogP contribution in [-0.2, 0) is 13.1 Å². The monoisotopic (exact) mass is 473 g/mol. The molecule has 0 atom stereocenters. The van der Waals surface area contributed by atoms with Gasteiger partial charge in [-0.2, -0.15) is 0 Å². The highest BCUT2D eigenvalue weighted by Crippen LogP contribution is 2.37. The van der Waals surface area contributed by atoms with Gasteiger partial charge in [-0.05, 0) is 78.5 Å². The van der Waals surface area contributed by atoms with E-state index in [4.69, 9.17) is 0 Å². The van der Waals surface area contributed by atoms with E-state index in [1.54, 1.807) is 12.1 Å². The lowest BCUT2D eigenvalue weighted by Gasteiger charge is -2.26. The van der Waals surface area contributed by atoms with Crippen LogP contribution in [0.1, 0.15) is 40.7 Å². The van der Waals surface area contributed by atoms with Crippen molar-refractivity contribution in [2.24, 2.45) is 0 Å². The molecule has 0 unspecified atom stereocenters. The second kappa shape index (κ2) is 9.16. The van der Waals surface area contributed by atoms with Crippen LogP contribution >= 0.6 is 12.4 Å². The number of halogens is 1. The number of phenols is 1. The second-order valence-electron chi connectivity index (χ2n) is 9.19. The third kappa shape index (κ3) is 4.06. The number of likely N-dealkylation sites (tertiary alicyclic amines) is 1. The molecule has 174 valence electrons. The molecule has 3 heterocycles. The third-order valence-corrected chi connectivity index (χ3v) is 6.97. The number of phenolic OH excluding ortho intramolecular Hbond substituents is 1. The maximum Gasteiger partial charge on any atom is 0.252 e. The van der Waals surface area contributed by atoms with E-state index in [1.165, 1.54) is 43.3 Å². The van der Waals surface area contributed by atoms with Gasteiger partial charge >= 0.3 is 0 Å². The molecule has 0 spiro atoms. The summed E-state index contributed by atoms with van der Waals surface area (Å²) in [5.41, 5.74) is 8.07. The van der Waals surface area contributed by atoms with Crippen LogP contribution in [0.15, 0.2) is 60.7 Å². The number of carbonyl (C=O) groups excluding carboxylic acids is 1. The highest BCUT2D eigenvalue weighted by Gasteiger charge is 2.27. The largest absolute Gasteiger partial charge is 0.508 e. The maximum absolute atomic E-state index is 12.8. The number of hydrogen-bond donors (Lipinski definition) is 3. The Bertz CT molecular complexity index is 1350. The Hall–Kier alpha value is -3.28. The van der Waals surface area contributed by atoms with E-state index in [9.17, 15) is 9.90 Å². The van der Waals surface area contributed by atoms with Crippen LogP contribution in [0.2, 0.25) is 0 Å². The fraction of sp³-hybridized carbons (Fsp3) is 0.250. The number of hydrogen-bond acceptors (Lipinski definition) is 3. The predicted molar refractivity (Wildman–Crippen MR) is 138 cm³/mol. The third-order valence-electron chi connectivity index (χ3n) is 6.97. The zero-order chi connectivity index (χ0) is 22.4. The van der Waals surface area contributed by atoms with Gasteiger partial charge in [-0.25, -0.2) is 0 Å². The zero-order valence-electron chi connectivity index (χ0n) is 18.9. The van der Waals surface area contributed by atoms with Crippen molar-refractivity contribution in [3.63, 3.8) is 0 Å². The van der Waals surface area contributed by atoms with Crippen LogP contribution in [0, 0.1) is 0 Å². The zero-order valence-corrected chi connectivity index (χ0v) is 19.8. The number of nitrogens with one attached hydrogen (secondary N) is 2. The van der Waals surface area contributed by atoms with Crippen molar-refractivity contribution in [2.75, 3.05) is 13.1 Å². The number of H-pyrrole nitrogens is 1. The van der Waals surface area contributed by atoms with Gasteiger partial charge < -0.3 is 15.4 Å². The van der Waals surface area contributed by atoms with Crippen LogP contribution in [0.3, 0.4) is 0 Å². The van der Waals surface area contributed by atoms with Gasteiger partial charge in [0.15, 0.2) is 0 Å². The molecule has 0 aliphatic carbocycles. The normalized spacial score (nSPS) is 15.7. The lowest BCUT2D eigenvalue weighted by molar-refractivity contribution is 0.0966. The first kappa shape index (κ1) is 22.5. The Morgan fingerprint density at radius 1 is 0.882 bits per heavy atom. The SMILES string of the molecule is Cl.O=C1NCc2c(-c3ccc(O)cc3)ccc(-c3cc4cc(CN5CCCCC5)ccc4[nH]3)c21. The average Bonchev–Trinajstić information content (AvgIpc) is 3.44. The van der Waals surface area contributed by atoms with Crippen LogP contribution < -0.4 is 5.32 Å². The Kier molecular flexibility index (Phi) is 6.07. The standard InChI is InChI=1S/C28H27N3O2.ClH/c32-21-7-5-19(6-8-21)22-9-10-23(27-24(22)16-29-28(27)33)26-15-20-14-18(4-11-25(20)30-26)17-31-12-2-1-3-13-31;/h4-11,14-15,30,32H,1-3,12-13,16-17H2,(H,29,33);1H. The molecule has 1 fully saturated rings. The van der Waals surface area contributed by atoms with Crippen molar-refractivity contribution in [1.82, 2.24) is 15.2 Å². The molecule has 5 nitrogen and oxygen atoms in total. The molecule has 0 radical (unpaired) electrons. The van der Waals surface area contributed by atoms with Gasteiger partial charge in [0, 0.05) is 35.2 Å². The molecule has 3 N–H and O–H groups in total. The topological polar surface area (TPSA) is 68.4 Å². The average molecular weight is 474 g/mol. The number of amides is 1. The smallest absolute Gasteiger partial charge is 0.252 e. The summed E-state index contributed by atoms with van der Waals surface area (Å²) in [4.78, 5) is 18.9. The Labute approximate surface area is 205 Å². The predicted octanol–water partition coefficient (Wildman–Crippen LogP) is 5.86. The summed E-state index contributed by atoms with van der Waals surface area (Å²) in [6.07, 6.45) is 3.94. The Morgan fingerprint density at radius 2 is 1.65 bits per heavy atom. The number of rotatable bonds is 4.